The third-order valence-corrected chi connectivity index (χ3v) is 3.61. The van der Waals surface area contributed by atoms with Crippen LogP contribution in [0.25, 0.3) is 0 Å². The lowest BCUT2D eigenvalue weighted by atomic mass is 10.1. The summed E-state index contributed by atoms with van der Waals surface area (Å²) >= 11 is 0. The fraction of sp³-hybridized carbons (Fsp3) is 0.500. The number of nitrogens with zero attached hydrogens (tertiary/aromatic N) is 2. The number of benzene rings is 1. The van der Waals surface area contributed by atoms with Gasteiger partial charge in [0.1, 0.15) is 5.82 Å². The molecule has 0 saturated carbocycles. The molecule has 0 aromatic heterocycles. The van der Waals surface area contributed by atoms with Crippen LogP contribution < -0.4 is 11.1 Å². The Morgan fingerprint density at radius 2 is 2.35 bits per heavy atom. The van der Waals surface area contributed by atoms with Crippen LogP contribution in [0.3, 0.4) is 0 Å². The third kappa shape index (κ3) is 3.91. The van der Waals surface area contributed by atoms with Gasteiger partial charge in [-0.3, -0.25) is 0 Å². The Balaban J connectivity index is 1.91. The summed E-state index contributed by atoms with van der Waals surface area (Å²) in [5, 5.41) is 14.9. The Kier molecular flexibility index (Phi) is 4.92. The lowest BCUT2D eigenvalue weighted by Crippen LogP contribution is -2.25. The van der Waals surface area contributed by atoms with Gasteiger partial charge in [-0.1, -0.05) is 5.16 Å². The number of halogens is 1. The highest BCUT2D eigenvalue weighted by Crippen LogP contribution is 2.14. The molecule has 1 atom stereocenters. The summed E-state index contributed by atoms with van der Waals surface area (Å²) in [7, 11) is 2.12. The Bertz CT molecular complexity index is 492. The highest BCUT2D eigenvalue weighted by atomic mass is 19.1. The largest absolute Gasteiger partial charge is 0.409 e. The van der Waals surface area contributed by atoms with Gasteiger partial charge in [-0.15, -0.1) is 0 Å². The van der Waals surface area contributed by atoms with E-state index >= 15 is 0 Å². The van der Waals surface area contributed by atoms with Crippen LogP contribution in [0.5, 0.6) is 0 Å². The van der Waals surface area contributed by atoms with Crippen molar-refractivity contribution < 1.29 is 9.60 Å². The van der Waals surface area contributed by atoms with Crippen molar-refractivity contribution in [3.63, 3.8) is 0 Å². The zero-order valence-electron chi connectivity index (χ0n) is 11.6. The minimum Gasteiger partial charge on any atom is -0.409 e. The fourth-order valence-corrected chi connectivity index (χ4v) is 2.57. The molecule has 1 aromatic carbocycles. The van der Waals surface area contributed by atoms with E-state index in [0.29, 0.717) is 18.0 Å². The smallest absolute Gasteiger partial charge is 0.170 e. The molecule has 6 heteroatoms. The average molecular weight is 280 g/mol. The second-order valence-electron chi connectivity index (χ2n) is 5.38. The molecule has 1 fully saturated rings. The summed E-state index contributed by atoms with van der Waals surface area (Å²) in [5.74, 6) is 0.187. The summed E-state index contributed by atoms with van der Waals surface area (Å²) < 4.78 is 13.5. The molecule has 0 aliphatic carbocycles. The van der Waals surface area contributed by atoms with Gasteiger partial charge in [-0.05, 0) is 56.2 Å². The summed E-state index contributed by atoms with van der Waals surface area (Å²) in [6, 6.07) is 4.44. The van der Waals surface area contributed by atoms with Crippen molar-refractivity contribution in [1.82, 2.24) is 10.2 Å². The first-order valence-corrected chi connectivity index (χ1v) is 6.75. The molecule has 20 heavy (non-hydrogen) atoms. The number of likely N-dealkylation sites (tertiary alicyclic amines) is 1. The molecular formula is C14H21FN4O. The van der Waals surface area contributed by atoms with Crippen LogP contribution in [0.15, 0.2) is 23.4 Å². The van der Waals surface area contributed by atoms with Crippen LogP contribution in [0.1, 0.15) is 17.5 Å². The predicted molar refractivity (Wildman–Crippen MR) is 76.2 cm³/mol. The summed E-state index contributed by atoms with van der Waals surface area (Å²) in [6.45, 7) is 3.73. The van der Waals surface area contributed by atoms with Crippen LogP contribution in [-0.4, -0.2) is 42.6 Å². The third-order valence-electron chi connectivity index (χ3n) is 3.61. The van der Waals surface area contributed by atoms with Crippen molar-refractivity contribution >= 4 is 5.84 Å². The normalized spacial score (nSPS) is 20.5. The average Bonchev–Trinajstić information content (AvgIpc) is 2.83. The number of oxime groups is 1. The standard InChI is InChI=1S/C14H21FN4O/c1-19-3-2-10(9-19)7-17-8-11-4-12(14(16)18-20)6-13(15)5-11/h4-6,10,17,20H,2-3,7-9H2,1H3,(H2,16,18). The van der Waals surface area contributed by atoms with E-state index in [9.17, 15) is 4.39 Å². The van der Waals surface area contributed by atoms with E-state index in [1.807, 2.05) is 0 Å². The van der Waals surface area contributed by atoms with Gasteiger partial charge in [-0.25, -0.2) is 4.39 Å². The Labute approximate surface area is 118 Å². The Morgan fingerprint density at radius 1 is 1.55 bits per heavy atom. The molecule has 110 valence electrons. The number of rotatable bonds is 5. The molecule has 0 bridgehead atoms. The monoisotopic (exact) mass is 280 g/mol. The minimum atomic E-state index is -0.383. The lowest BCUT2D eigenvalue weighted by Gasteiger charge is -2.12. The van der Waals surface area contributed by atoms with E-state index in [1.165, 1.54) is 18.6 Å². The number of nitrogens with two attached hydrogens (primary N) is 1. The fourth-order valence-electron chi connectivity index (χ4n) is 2.57. The van der Waals surface area contributed by atoms with Crippen molar-refractivity contribution in [2.75, 3.05) is 26.7 Å². The van der Waals surface area contributed by atoms with E-state index in [2.05, 4.69) is 22.4 Å². The van der Waals surface area contributed by atoms with Gasteiger partial charge in [0.05, 0.1) is 0 Å². The van der Waals surface area contributed by atoms with Crippen molar-refractivity contribution in [2.24, 2.45) is 16.8 Å². The number of amidine groups is 1. The number of nitrogens with one attached hydrogen (secondary N) is 1. The van der Waals surface area contributed by atoms with Gasteiger partial charge in [0.15, 0.2) is 5.84 Å². The quantitative estimate of drug-likeness (QED) is 0.325. The van der Waals surface area contributed by atoms with E-state index in [0.717, 1.165) is 25.2 Å². The second kappa shape index (κ2) is 6.67. The van der Waals surface area contributed by atoms with Crippen LogP contribution in [0.4, 0.5) is 4.39 Å². The first-order valence-electron chi connectivity index (χ1n) is 6.75. The zero-order valence-corrected chi connectivity index (χ0v) is 11.6. The highest BCUT2D eigenvalue weighted by molar-refractivity contribution is 5.97. The first kappa shape index (κ1) is 14.7. The van der Waals surface area contributed by atoms with Gasteiger partial charge in [-0.2, -0.15) is 0 Å². The minimum absolute atomic E-state index is 0.0804. The van der Waals surface area contributed by atoms with Crippen molar-refractivity contribution in [3.8, 4) is 0 Å². The zero-order chi connectivity index (χ0) is 14.5. The van der Waals surface area contributed by atoms with Crippen molar-refractivity contribution in [1.29, 1.82) is 0 Å². The molecule has 1 aliphatic rings. The maximum absolute atomic E-state index is 13.5. The summed E-state index contributed by atoms with van der Waals surface area (Å²) in [6.07, 6.45) is 1.20. The van der Waals surface area contributed by atoms with E-state index in [4.69, 9.17) is 10.9 Å². The van der Waals surface area contributed by atoms with Gasteiger partial charge < -0.3 is 21.2 Å². The molecule has 0 radical (unpaired) electrons. The van der Waals surface area contributed by atoms with Gasteiger partial charge in [0.25, 0.3) is 0 Å². The van der Waals surface area contributed by atoms with Crippen molar-refractivity contribution in [3.05, 3.63) is 35.1 Å². The Morgan fingerprint density at radius 3 is 3.00 bits per heavy atom. The first-order chi connectivity index (χ1) is 9.58. The predicted octanol–water partition coefficient (Wildman–Crippen LogP) is 0.961. The molecule has 2 rings (SSSR count). The topological polar surface area (TPSA) is 73.9 Å². The summed E-state index contributed by atoms with van der Waals surface area (Å²) in [4.78, 5) is 2.31. The van der Waals surface area contributed by atoms with Crippen LogP contribution in [0, 0.1) is 11.7 Å². The van der Waals surface area contributed by atoms with Crippen molar-refractivity contribution in [2.45, 2.75) is 13.0 Å². The number of hydrogen-bond donors (Lipinski definition) is 3. The van der Waals surface area contributed by atoms with Gasteiger partial charge >= 0.3 is 0 Å². The van der Waals surface area contributed by atoms with Crippen LogP contribution in [-0.2, 0) is 6.54 Å². The van der Waals surface area contributed by atoms with Gasteiger partial charge in [0.2, 0.25) is 0 Å². The van der Waals surface area contributed by atoms with Gasteiger partial charge in [0, 0.05) is 18.7 Å². The Hall–Kier alpha value is -1.66. The molecule has 5 nitrogen and oxygen atoms in total. The highest BCUT2D eigenvalue weighted by Gasteiger charge is 2.18. The molecule has 1 aliphatic heterocycles. The van der Waals surface area contributed by atoms with Crippen LogP contribution in [0.2, 0.25) is 0 Å². The molecule has 1 heterocycles. The lowest BCUT2D eigenvalue weighted by molar-refractivity contribution is 0.318. The maximum atomic E-state index is 13.5. The molecule has 0 amide bonds. The molecule has 1 aromatic rings. The molecule has 1 saturated heterocycles. The summed E-state index contributed by atoms with van der Waals surface area (Å²) in [5.41, 5.74) is 6.67. The second-order valence-corrected chi connectivity index (χ2v) is 5.38. The molecule has 0 spiro atoms. The van der Waals surface area contributed by atoms with E-state index < -0.39 is 0 Å². The molecular weight excluding hydrogens is 259 g/mol. The number of hydrogen-bond acceptors (Lipinski definition) is 4. The maximum Gasteiger partial charge on any atom is 0.170 e. The van der Waals surface area contributed by atoms with E-state index in [1.54, 1.807) is 6.07 Å². The van der Waals surface area contributed by atoms with E-state index in [-0.39, 0.29) is 11.7 Å². The molecule has 4 N–H and O–H groups in total. The van der Waals surface area contributed by atoms with Crippen LogP contribution >= 0.6 is 0 Å². The SMILES string of the molecule is CN1CCC(CNCc2cc(F)cc(/C(N)=N/O)c2)C1. The molecule has 1 unspecified atom stereocenters.